The van der Waals surface area contributed by atoms with Crippen molar-refractivity contribution in [1.29, 1.82) is 0 Å². The van der Waals surface area contributed by atoms with Crippen molar-refractivity contribution in [2.75, 3.05) is 27.3 Å². The van der Waals surface area contributed by atoms with Gasteiger partial charge in [-0.1, -0.05) is 30.3 Å². The van der Waals surface area contributed by atoms with Gasteiger partial charge in [-0.15, -0.1) is 0 Å². The largest absolute Gasteiger partial charge is 0.497 e. The second kappa shape index (κ2) is 8.75. The van der Waals surface area contributed by atoms with Gasteiger partial charge in [-0.3, -0.25) is 4.79 Å². The van der Waals surface area contributed by atoms with E-state index in [2.05, 4.69) is 30.3 Å². The lowest BCUT2D eigenvalue weighted by Crippen LogP contribution is -2.39. The van der Waals surface area contributed by atoms with Crippen molar-refractivity contribution in [2.45, 2.75) is 25.7 Å². The standard InChI is InChI=1S/C22H27NO3/c1-25-20-8-9-21(26-2)19(15-20)16-22(24)23-12-10-18(11-13-23)14-17-6-4-3-5-7-17/h3-9,15,18H,10-14,16H2,1-2H3. The van der Waals surface area contributed by atoms with Crippen molar-refractivity contribution in [3.05, 3.63) is 59.7 Å². The third-order valence-electron chi connectivity index (χ3n) is 5.16. The molecule has 1 amide bonds. The summed E-state index contributed by atoms with van der Waals surface area (Å²) in [5, 5.41) is 0. The zero-order valence-electron chi connectivity index (χ0n) is 15.6. The zero-order valence-corrected chi connectivity index (χ0v) is 15.6. The Morgan fingerprint density at radius 2 is 1.77 bits per heavy atom. The lowest BCUT2D eigenvalue weighted by molar-refractivity contribution is -0.131. The lowest BCUT2D eigenvalue weighted by atomic mass is 9.90. The molecule has 4 heteroatoms. The summed E-state index contributed by atoms with van der Waals surface area (Å²) < 4.78 is 10.7. The number of hydrogen-bond donors (Lipinski definition) is 0. The van der Waals surface area contributed by atoms with Crippen LogP contribution in [-0.4, -0.2) is 38.1 Å². The van der Waals surface area contributed by atoms with Crippen LogP contribution in [0.5, 0.6) is 11.5 Å². The van der Waals surface area contributed by atoms with Crippen LogP contribution in [0.4, 0.5) is 0 Å². The van der Waals surface area contributed by atoms with Gasteiger partial charge in [0.1, 0.15) is 11.5 Å². The minimum absolute atomic E-state index is 0.162. The molecule has 1 heterocycles. The van der Waals surface area contributed by atoms with Crippen LogP contribution in [0.15, 0.2) is 48.5 Å². The number of benzene rings is 2. The normalized spacial score (nSPS) is 14.9. The topological polar surface area (TPSA) is 38.8 Å². The molecule has 0 spiro atoms. The average Bonchev–Trinajstić information content (AvgIpc) is 2.69. The number of carbonyl (C=O) groups excluding carboxylic acids is 1. The molecule has 3 rings (SSSR count). The highest BCUT2D eigenvalue weighted by atomic mass is 16.5. The first-order chi connectivity index (χ1) is 12.7. The predicted octanol–water partition coefficient (Wildman–Crippen LogP) is 3.73. The van der Waals surface area contributed by atoms with Gasteiger partial charge in [-0.25, -0.2) is 0 Å². The fourth-order valence-corrected chi connectivity index (χ4v) is 3.63. The van der Waals surface area contributed by atoms with Gasteiger partial charge in [0.2, 0.25) is 5.91 Å². The number of carbonyl (C=O) groups is 1. The van der Waals surface area contributed by atoms with Crippen molar-refractivity contribution in [1.82, 2.24) is 4.90 Å². The summed E-state index contributed by atoms with van der Waals surface area (Å²) in [5.74, 6) is 2.30. The van der Waals surface area contributed by atoms with Crippen LogP contribution in [0.1, 0.15) is 24.0 Å². The van der Waals surface area contributed by atoms with E-state index in [1.54, 1.807) is 14.2 Å². The highest BCUT2D eigenvalue weighted by molar-refractivity contribution is 5.79. The summed E-state index contributed by atoms with van der Waals surface area (Å²) in [7, 11) is 3.26. The van der Waals surface area contributed by atoms with Crippen molar-refractivity contribution < 1.29 is 14.3 Å². The van der Waals surface area contributed by atoms with Gasteiger partial charge in [0.15, 0.2) is 0 Å². The van der Waals surface area contributed by atoms with Gasteiger partial charge in [-0.2, -0.15) is 0 Å². The van der Waals surface area contributed by atoms with Crippen molar-refractivity contribution in [2.24, 2.45) is 5.92 Å². The molecule has 4 nitrogen and oxygen atoms in total. The molecule has 1 aliphatic heterocycles. The second-order valence-electron chi connectivity index (χ2n) is 6.87. The smallest absolute Gasteiger partial charge is 0.227 e. The maximum absolute atomic E-state index is 12.7. The fourth-order valence-electron chi connectivity index (χ4n) is 3.63. The van der Waals surface area contributed by atoms with Crippen LogP contribution >= 0.6 is 0 Å². The van der Waals surface area contributed by atoms with E-state index in [-0.39, 0.29) is 5.91 Å². The molecule has 1 saturated heterocycles. The summed E-state index contributed by atoms with van der Waals surface area (Å²) in [5.41, 5.74) is 2.27. The Morgan fingerprint density at radius 1 is 1.04 bits per heavy atom. The third-order valence-corrected chi connectivity index (χ3v) is 5.16. The van der Waals surface area contributed by atoms with E-state index in [1.807, 2.05) is 23.1 Å². The van der Waals surface area contributed by atoms with Crippen LogP contribution in [0, 0.1) is 5.92 Å². The summed E-state index contributed by atoms with van der Waals surface area (Å²) >= 11 is 0. The summed E-state index contributed by atoms with van der Waals surface area (Å²) in [6.45, 7) is 1.67. The molecular formula is C22H27NO3. The number of hydrogen-bond acceptors (Lipinski definition) is 3. The van der Waals surface area contributed by atoms with Crippen LogP contribution in [0.25, 0.3) is 0 Å². The average molecular weight is 353 g/mol. The van der Waals surface area contributed by atoms with Gasteiger partial charge in [0.25, 0.3) is 0 Å². The molecule has 2 aromatic carbocycles. The molecule has 26 heavy (non-hydrogen) atoms. The first-order valence-electron chi connectivity index (χ1n) is 9.22. The Kier molecular flexibility index (Phi) is 6.16. The van der Waals surface area contributed by atoms with Crippen LogP contribution < -0.4 is 9.47 Å². The van der Waals surface area contributed by atoms with Crippen molar-refractivity contribution >= 4 is 5.91 Å². The number of methoxy groups -OCH3 is 2. The van der Waals surface area contributed by atoms with Gasteiger partial charge in [0.05, 0.1) is 20.6 Å². The number of likely N-dealkylation sites (tertiary alicyclic amines) is 1. The van der Waals surface area contributed by atoms with Gasteiger partial charge in [-0.05, 0) is 48.9 Å². The molecule has 1 fully saturated rings. The molecule has 0 bridgehead atoms. The Bertz CT molecular complexity index is 721. The first-order valence-corrected chi connectivity index (χ1v) is 9.22. The third kappa shape index (κ3) is 4.57. The predicted molar refractivity (Wildman–Crippen MR) is 103 cm³/mol. The molecule has 1 aliphatic rings. The highest BCUT2D eigenvalue weighted by Crippen LogP contribution is 2.26. The second-order valence-corrected chi connectivity index (χ2v) is 6.87. The summed E-state index contributed by atoms with van der Waals surface area (Å²) in [6, 6.07) is 16.2. The Morgan fingerprint density at radius 3 is 2.42 bits per heavy atom. The van der Waals surface area contributed by atoms with Gasteiger partial charge < -0.3 is 14.4 Å². The quantitative estimate of drug-likeness (QED) is 0.794. The molecule has 2 aromatic rings. The molecule has 0 saturated carbocycles. The molecule has 0 aliphatic carbocycles. The van der Waals surface area contributed by atoms with E-state index < -0.39 is 0 Å². The van der Waals surface area contributed by atoms with Crippen molar-refractivity contribution in [3.63, 3.8) is 0 Å². The maximum atomic E-state index is 12.7. The number of piperidine rings is 1. The summed E-state index contributed by atoms with van der Waals surface area (Å²) in [4.78, 5) is 14.7. The minimum Gasteiger partial charge on any atom is -0.497 e. The fraction of sp³-hybridized carbons (Fsp3) is 0.409. The minimum atomic E-state index is 0.162. The number of ether oxygens (including phenoxy) is 2. The number of rotatable bonds is 6. The Balaban J connectivity index is 1.55. The maximum Gasteiger partial charge on any atom is 0.227 e. The zero-order chi connectivity index (χ0) is 18.4. The van der Waals surface area contributed by atoms with E-state index in [0.717, 1.165) is 49.4 Å². The first kappa shape index (κ1) is 18.3. The molecule has 0 radical (unpaired) electrons. The van der Waals surface area contributed by atoms with E-state index in [1.165, 1.54) is 5.56 Å². The monoisotopic (exact) mass is 353 g/mol. The Labute approximate surface area is 155 Å². The molecule has 0 N–H and O–H groups in total. The molecule has 138 valence electrons. The van der Waals surface area contributed by atoms with Crippen LogP contribution in [0.2, 0.25) is 0 Å². The number of amides is 1. The van der Waals surface area contributed by atoms with E-state index >= 15 is 0 Å². The van der Waals surface area contributed by atoms with E-state index in [0.29, 0.717) is 12.3 Å². The van der Waals surface area contributed by atoms with Gasteiger partial charge >= 0.3 is 0 Å². The van der Waals surface area contributed by atoms with Crippen LogP contribution in [-0.2, 0) is 17.6 Å². The van der Waals surface area contributed by atoms with Gasteiger partial charge in [0, 0.05) is 18.7 Å². The molecule has 0 aromatic heterocycles. The molecule has 0 unspecified atom stereocenters. The van der Waals surface area contributed by atoms with E-state index in [9.17, 15) is 4.79 Å². The lowest BCUT2D eigenvalue weighted by Gasteiger charge is -2.32. The highest BCUT2D eigenvalue weighted by Gasteiger charge is 2.23. The van der Waals surface area contributed by atoms with Crippen LogP contribution in [0.3, 0.4) is 0 Å². The summed E-state index contributed by atoms with van der Waals surface area (Å²) in [6.07, 6.45) is 3.59. The number of nitrogens with zero attached hydrogens (tertiary/aromatic N) is 1. The Hall–Kier alpha value is -2.49. The SMILES string of the molecule is COc1ccc(OC)c(CC(=O)N2CCC(Cc3ccccc3)CC2)c1. The molecular weight excluding hydrogens is 326 g/mol. The van der Waals surface area contributed by atoms with Crippen molar-refractivity contribution in [3.8, 4) is 11.5 Å². The van der Waals surface area contributed by atoms with E-state index in [4.69, 9.17) is 9.47 Å². The molecule has 0 atom stereocenters.